The summed E-state index contributed by atoms with van der Waals surface area (Å²) >= 11 is 5.49. The largest absolute Gasteiger partial charge is 0.325 e. The highest BCUT2D eigenvalue weighted by Gasteiger charge is 2.25. The Morgan fingerprint density at radius 1 is 1.47 bits per heavy atom. The van der Waals surface area contributed by atoms with E-state index in [4.69, 9.17) is 11.6 Å². The maximum absolute atomic E-state index is 11.5. The van der Waals surface area contributed by atoms with Crippen molar-refractivity contribution in [2.24, 2.45) is 10.9 Å². The van der Waals surface area contributed by atoms with E-state index in [1.54, 1.807) is 18.2 Å². The number of hydrogen-bond donors (Lipinski definition) is 1. The van der Waals surface area contributed by atoms with Crippen LogP contribution in [0.1, 0.15) is 19.8 Å². The Bertz CT molecular complexity index is 530. The summed E-state index contributed by atoms with van der Waals surface area (Å²) in [6.07, 6.45) is 8.18. The van der Waals surface area contributed by atoms with Crippen molar-refractivity contribution in [3.63, 3.8) is 0 Å². The molecule has 2 amide bonds. The van der Waals surface area contributed by atoms with Gasteiger partial charge in [0.1, 0.15) is 0 Å². The predicted molar refractivity (Wildman–Crippen MR) is 75.0 cm³/mol. The maximum atomic E-state index is 11.5. The summed E-state index contributed by atoms with van der Waals surface area (Å²) in [6.45, 7) is 2.02. The molecular formula is C14H15ClN2O2. The molecule has 2 aliphatic rings. The van der Waals surface area contributed by atoms with E-state index in [-0.39, 0.29) is 30.0 Å². The van der Waals surface area contributed by atoms with Gasteiger partial charge in [-0.15, -0.1) is 11.6 Å². The molecule has 0 aromatic carbocycles. The molecule has 1 aliphatic carbocycles. The van der Waals surface area contributed by atoms with Gasteiger partial charge < -0.3 is 5.32 Å². The van der Waals surface area contributed by atoms with Crippen LogP contribution in [0, 0.1) is 5.92 Å². The first-order valence-corrected chi connectivity index (χ1v) is 6.76. The third kappa shape index (κ3) is 3.20. The van der Waals surface area contributed by atoms with Crippen LogP contribution >= 0.6 is 11.6 Å². The number of halogens is 1. The second-order valence-electron chi connectivity index (χ2n) is 4.37. The lowest BCUT2D eigenvalue weighted by atomic mass is 9.86. The molecule has 5 heteroatoms. The van der Waals surface area contributed by atoms with Crippen LogP contribution in [0.2, 0.25) is 0 Å². The summed E-state index contributed by atoms with van der Waals surface area (Å²) in [7, 11) is 0. The lowest BCUT2D eigenvalue weighted by Gasteiger charge is -2.26. The molecule has 0 saturated heterocycles. The fourth-order valence-electron chi connectivity index (χ4n) is 2.14. The number of nitrogens with one attached hydrogen (secondary N) is 1. The second kappa shape index (κ2) is 5.97. The molecule has 1 aliphatic heterocycles. The zero-order valence-electron chi connectivity index (χ0n) is 10.6. The van der Waals surface area contributed by atoms with Crippen molar-refractivity contribution in [2.75, 3.05) is 5.88 Å². The number of fused-ring (bicyclic) bond motifs is 1. The minimum absolute atomic E-state index is 0.0878. The standard InChI is InChI=1S/C14H15ClN2O2/c1-2-9-7-14(19)17-12-8-10(3-4-11(9)12)16-13(18)5-6-15/h3-4,7-8,11H,2,5-6H2,1H3,(H,17,19). The van der Waals surface area contributed by atoms with Crippen LogP contribution in [0.4, 0.5) is 0 Å². The van der Waals surface area contributed by atoms with Crippen molar-refractivity contribution < 1.29 is 9.59 Å². The number of rotatable bonds is 3. The van der Waals surface area contributed by atoms with E-state index in [9.17, 15) is 9.59 Å². The topological polar surface area (TPSA) is 58.5 Å². The van der Waals surface area contributed by atoms with Crippen molar-refractivity contribution in [3.8, 4) is 0 Å². The quantitative estimate of drug-likeness (QED) is 0.804. The number of aliphatic imine (C=N–C) groups is 1. The molecule has 4 nitrogen and oxygen atoms in total. The van der Waals surface area contributed by atoms with Crippen LogP contribution in [0.25, 0.3) is 0 Å². The first-order valence-electron chi connectivity index (χ1n) is 6.22. The van der Waals surface area contributed by atoms with Gasteiger partial charge >= 0.3 is 0 Å². The first kappa shape index (κ1) is 13.7. The Balaban J connectivity index is 2.24. The van der Waals surface area contributed by atoms with E-state index in [0.29, 0.717) is 5.71 Å². The second-order valence-corrected chi connectivity index (χ2v) is 4.75. The Morgan fingerprint density at radius 2 is 2.26 bits per heavy atom. The van der Waals surface area contributed by atoms with Gasteiger partial charge in [0.25, 0.3) is 0 Å². The Kier molecular flexibility index (Phi) is 4.32. The van der Waals surface area contributed by atoms with Crippen molar-refractivity contribution in [1.29, 1.82) is 0 Å². The summed E-state index contributed by atoms with van der Waals surface area (Å²) in [5, 5.41) is 2.79. The number of carbonyl (C=O) groups is 2. The molecule has 0 fully saturated rings. The summed E-state index contributed by atoms with van der Waals surface area (Å²) in [5.41, 5.74) is 2.40. The Labute approximate surface area is 116 Å². The average Bonchev–Trinajstić information content (AvgIpc) is 2.37. The van der Waals surface area contributed by atoms with E-state index in [1.165, 1.54) is 0 Å². The zero-order chi connectivity index (χ0) is 13.8. The summed E-state index contributed by atoms with van der Waals surface area (Å²) in [4.78, 5) is 26.9. The van der Waals surface area contributed by atoms with Gasteiger partial charge in [-0.1, -0.05) is 18.6 Å². The summed E-state index contributed by atoms with van der Waals surface area (Å²) in [6, 6.07) is 0. The smallest absolute Gasteiger partial charge is 0.248 e. The van der Waals surface area contributed by atoms with Crippen LogP contribution in [-0.4, -0.2) is 23.4 Å². The number of carbonyl (C=O) groups excluding carboxylic acids is 2. The molecule has 0 aromatic heterocycles. The summed E-state index contributed by atoms with van der Waals surface area (Å²) in [5.74, 6) is -0.0259. The van der Waals surface area contributed by atoms with Crippen LogP contribution in [0.3, 0.4) is 0 Å². The number of allylic oxidation sites excluding steroid dienone is 3. The zero-order valence-corrected chi connectivity index (χ0v) is 11.4. The molecule has 100 valence electrons. The van der Waals surface area contributed by atoms with Gasteiger partial charge in [-0.3, -0.25) is 9.59 Å². The minimum Gasteiger partial charge on any atom is -0.325 e. The number of amides is 2. The number of alkyl halides is 1. The van der Waals surface area contributed by atoms with Gasteiger partial charge in [-0.2, -0.15) is 0 Å². The molecular weight excluding hydrogens is 264 g/mol. The molecule has 0 saturated carbocycles. The van der Waals surface area contributed by atoms with Gasteiger partial charge in [0, 0.05) is 30.0 Å². The number of nitrogens with zero attached hydrogens (tertiary/aromatic N) is 1. The first-order chi connectivity index (χ1) is 9.13. The van der Waals surface area contributed by atoms with Gasteiger partial charge in [0.05, 0.1) is 5.71 Å². The molecule has 19 heavy (non-hydrogen) atoms. The van der Waals surface area contributed by atoms with Crippen molar-refractivity contribution in [2.45, 2.75) is 19.8 Å². The van der Waals surface area contributed by atoms with Crippen molar-refractivity contribution in [3.05, 3.63) is 35.6 Å². The average molecular weight is 279 g/mol. The molecule has 0 aromatic rings. The highest BCUT2D eigenvalue weighted by atomic mass is 35.5. The lowest BCUT2D eigenvalue weighted by Crippen LogP contribution is -2.33. The van der Waals surface area contributed by atoms with Crippen molar-refractivity contribution >= 4 is 29.1 Å². The molecule has 2 rings (SSSR count). The number of hydrogen-bond acceptors (Lipinski definition) is 2. The fraction of sp³-hybridized carbons (Fsp3) is 0.357. The van der Waals surface area contributed by atoms with Gasteiger partial charge in [0.15, 0.2) is 0 Å². The summed E-state index contributed by atoms with van der Waals surface area (Å²) < 4.78 is 0. The van der Waals surface area contributed by atoms with Gasteiger partial charge in [0.2, 0.25) is 11.8 Å². The van der Waals surface area contributed by atoms with Crippen LogP contribution in [-0.2, 0) is 9.59 Å². The Morgan fingerprint density at radius 3 is 2.95 bits per heavy atom. The maximum Gasteiger partial charge on any atom is 0.248 e. The SMILES string of the molecule is CCC1=CC(=O)NC2=CC(=NC(=O)CCCl)C=CC12. The van der Waals surface area contributed by atoms with Gasteiger partial charge in [-0.05, 0) is 18.6 Å². The monoisotopic (exact) mass is 278 g/mol. The molecule has 0 radical (unpaired) electrons. The van der Waals surface area contributed by atoms with Crippen LogP contribution in [0.5, 0.6) is 0 Å². The predicted octanol–water partition coefficient (Wildman–Crippen LogP) is 2.12. The molecule has 0 bridgehead atoms. The third-order valence-electron chi connectivity index (χ3n) is 3.05. The molecule has 1 unspecified atom stereocenters. The minimum atomic E-state index is -0.252. The van der Waals surface area contributed by atoms with E-state index in [0.717, 1.165) is 17.7 Å². The van der Waals surface area contributed by atoms with Crippen LogP contribution in [0.15, 0.2) is 40.6 Å². The van der Waals surface area contributed by atoms with E-state index < -0.39 is 0 Å². The molecule has 1 N–H and O–H groups in total. The van der Waals surface area contributed by atoms with Gasteiger partial charge in [-0.25, -0.2) is 4.99 Å². The molecule has 0 spiro atoms. The highest BCUT2D eigenvalue weighted by Crippen LogP contribution is 2.28. The lowest BCUT2D eigenvalue weighted by molar-refractivity contribution is -0.117. The molecule has 1 heterocycles. The normalized spacial score (nSPS) is 23.6. The van der Waals surface area contributed by atoms with E-state index >= 15 is 0 Å². The van der Waals surface area contributed by atoms with Crippen LogP contribution < -0.4 is 5.32 Å². The molecule has 1 atom stereocenters. The highest BCUT2D eigenvalue weighted by molar-refractivity contribution is 6.19. The van der Waals surface area contributed by atoms with E-state index in [2.05, 4.69) is 10.3 Å². The van der Waals surface area contributed by atoms with Crippen molar-refractivity contribution in [1.82, 2.24) is 5.32 Å². The van der Waals surface area contributed by atoms with E-state index in [1.807, 2.05) is 13.0 Å². The fourth-order valence-corrected chi connectivity index (χ4v) is 2.30. The third-order valence-corrected chi connectivity index (χ3v) is 3.24. The Hall–Kier alpha value is -1.68.